The molecule has 0 saturated carbocycles. The predicted molar refractivity (Wildman–Crippen MR) is 91.5 cm³/mol. The second kappa shape index (κ2) is 5.32. The molecule has 0 N–H and O–H groups in total. The molecule has 0 saturated heterocycles. The molecule has 0 radical (unpaired) electrons. The summed E-state index contributed by atoms with van der Waals surface area (Å²) in [7, 11) is 0. The Bertz CT molecular complexity index is 942. The largest absolute Gasteiger partial charge is 0.292 e. The van der Waals surface area contributed by atoms with Crippen molar-refractivity contribution in [1.82, 2.24) is 9.55 Å². The summed E-state index contributed by atoms with van der Waals surface area (Å²) in [5.41, 5.74) is 4.04. The van der Waals surface area contributed by atoms with Gasteiger partial charge in [-0.1, -0.05) is 54.1 Å². The number of imidazole rings is 1. The Kier molecular flexibility index (Phi) is 3.17. The molecule has 2 nitrogen and oxygen atoms in total. The first-order valence-electron chi connectivity index (χ1n) is 7.12. The summed E-state index contributed by atoms with van der Waals surface area (Å²) < 4.78 is 2.15. The van der Waals surface area contributed by atoms with Gasteiger partial charge in [-0.05, 0) is 36.4 Å². The summed E-state index contributed by atoms with van der Waals surface area (Å²) in [6.45, 7) is 0. The van der Waals surface area contributed by atoms with Crippen LogP contribution in [0.25, 0.3) is 28.1 Å². The van der Waals surface area contributed by atoms with Crippen LogP contribution in [-0.4, -0.2) is 9.55 Å². The van der Waals surface area contributed by atoms with Crippen molar-refractivity contribution in [2.75, 3.05) is 0 Å². The lowest BCUT2D eigenvalue weighted by Crippen LogP contribution is -1.97. The number of aromatic nitrogens is 2. The van der Waals surface area contributed by atoms with Crippen molar-refractivity contribution in [2.45, 2.75) is 0 Å². The summed E-state index contributed by atoms with van der Waals surface area (Å²) in [5.74, 6) is 0.859. The first kappa shape index (κ1) is 13.1. The Morgan fingerprint density at radius 2 is 1.41 bits per heavy atom. The third kappa shape index (κ3) is 2.09. The van der Waals surface area contributed by atoms with E-state index in [2.05, 4.69) is 22.8 Å². The van der Waals surface area contributed by atoms with Crippen LogP contribution >= 0.6 is 11.6 Å². The van der Waals surface area contributed by atoms with Gasteiger partial charge >= 0.3 is 0 Å². The molecule has 0 bridgehead atoms. The number of hydrogen-bond acceptors (Lipinski definition) is 1. The Morgan fingerprint density at radius 3 is 2.23 bits per heavy atom. The summed E-state index contributed by atoms with van der Waals surface area (Å²) in [4.78, 5) is 4.80. The molecule has 0 fully saturated rings. The maximum atomic E-state index is 6.39. The number of hydrogen-bond donors (Lipinski definition) is 0. The summed E-state index contributed by atoms with van der Waals surface area (Å²) in [6, 6.07) is 26.2. The zero-order valence-electron chi connectivity index (χ0n) is 11.8. The molecule has 22 heavy (non-hydrogen) atoms. The van der Waals surface area contributed by atoms with Crippen LogP contribution in [0.2, 0.25) is 5.02 Å². The molecule has 0 aliphatic carbocycles. The second-order valence-electron chi connectivity index (χ2n) is 5.07. The highest BCUT2D eigenvalue weighted by molar-refractivity contribution is 6.33. The number of benzene rings is 3. The molecule has 0 amide bonds. The Morgan fingerprint density at radius 1 is 0.727 bits per heavy atom. The summed E-state index contributed by atoms with van der Waals surface area (Å²) in [5, 5.41) is 0.704. The average Bonchev–Trinajstić information content (AvgIpc) is 2.95. The van der Waals surface area contributed by atoms with E-state index in [9.17, 15) is 0 Å². The van der Waals surface area contributed by atoms with E-state index in [-0.39, 0.29) is 0 Å². The van der Waals surface area contributed by atoms with Crippen molar-refractivity contribution in [3.8, 4) is 17.1 Å². The van der Waals surface area contributed by atoms with Gasteiger partial charge < -0.3 is 0 Å². The highest BCUT2D eigenvalue weighted by Crippen LogP contribution is 2.32. The lowest BCUT2D eigenvalue weighted by atomic mass is 10.2. The average molecular weight is 305 g/mol. The van der Waals surface area contributed by atoms with E-state index >= 15 is 0 Å². The minimum absolute atomic E-state index is 0.704. The SMILES string of the molecule is Clc1ccccc1-c1nc2ccccc2n1-c1ccccc1. The van der Waals surface area contributed by atoms with Gasteiger partial charge in [0, 0.05) is 11.3 Å². The molecule has 1 aromatic heterocycles. The summed E-state index contributed by atoms with van der Waals surface area (Å²) in [6.07, 6.45) is 0. The highest BCUT2D eigenvalue weighted by atomic mass is 35.5. The van der Waals surface area contributed by atoms with Gasteiger partial charge in [-0.2, -0.15) is 0 Å². The van der Waals surface area contributed by atoms with E-state index in [4.69, 9.17) is 16.6 Å². The highest BCUT2D eigenvalue weighted by Gasteiger charge is 2.15. The first-order chi connectivity index (χ1) is 10.8. The fourth-order valence-corrected chi connectivity index (χ4v) is 2.91. The molecule has 0 aliphatic heterocycles. The van der Waals surface area contributed by atoms with Gasteiger partial charge in [-0.15, -0.1) is 0 Å². The Labute approximate surface area is 133 Å². The number of para-hydroxylation sites is 3. The monoisotopic (exact) mass is 304 g/mol. The zero-order chi connectivity index (χ0) is 14.9. The van der Waals surface area contributed by atoms with Crippen molar-refractivity contribution in [2.24, 2.45) is 0 Å². The second-order valence-corrected chi connectivity index (χ2v) is 5.48. The van der Waals surface area contributed by atoms with E-state index in [1.807, 2.05) is 60.7 Å². The van der Waals surface area contributed by atoms with Crippen LogP contribution in [0.5, 0.6) is 0 Å². The molecule has 0 spiro atoms. The number of fused-ring (bicyclic) bond motifs is 1. The van der Waals surface area contributed by atoms with Gasteiger partial charge in [0.25, 0.3) is 0 Å². The molecular weight excluding hydrogens is 292 g/mol. The van der Waals surface area contributed by atoms with Crippen LogP contribution in [-0.2, 0) is 0 Å². The van der Waals surface area contributed by atoms with Gasteiger partial charge in [-0.3, -0.25) is 4.57 Å². The third-order valence-corrected chi connectivity index (χ3v) is 4.02. The molecule has 0 aliphatic rings. The fourth-order valence-electron chi connectivity index (χ4n) is 2.69. The molecular formula is C19H13ClN2. The van der Waals surface area contributed by atoms with Gasteiger partial charge in [0.15, 0.2) is 0 Å². The molecule has 4 rings (SSSR count). The van der Waals surface area contributed by atoms with Crippen LogP contribution in [0.15, 0.2) is 78.9 Å². The number of rotatable bonds is 2. The van der Waals surface area contributed by atoms with Crippen LogP contribution in [0.1, 0.15) is 0 Å². The first-order valence-corrected chi connectivity index (χ1v) is 7.50. The molecule has 106 valence electrons. The molecule has 0 unspecified atom stereocenters. The van der Waals surface area contributed by atoms with Crippen molar-refractivity contribution >= 4 is 22.6 Å². The maximum absolute atomic E-state index is 6.39. The minimum Gasteiger partial charge on any atom is -0.292 e. The molecule has 1 heterocycles. The third-order valence-electron chi connectivity index (χ3n) is 3.69. The molecule has 4 aromatic rings. The van der Waals surface area contributed by atoms with Crippen molar-refractivity contribution in [3.63, 3.8) is 0 Å². The summed E-state index contributed by atoms with van der Waals surface area (Å²) >= 11 is 6.39. The lowest BCUT2D eigenvalue weighted by molar-refractivity contribution is 1.10. The van der Waals surface area contributed by atoms with Crippen LogP contribution in [0, 0.1) is 0 Å². The molecule has 3 aromatic carbocycles. The van der Waals surface area contributed by atoms with E-state index in [1.54, 1.807) is 0 Å². The van der Waals surface area contributed by atoms with Gasteiger partial charge in [-0.25, -0.2) is 4.98 Å². The van der Waals surface area contributed by atoms with Crippen LogP contribution in [0.4, 0.5) is 0 Å². The van der Waals surface area contributed by atoms with Crippen LogP contribution in [0.3, 0.4) is 0 Å². The van der Waals surface area contributed by atoms with Gasteiger partial charge in [0.1, 0.15) is 5.82 Å². The fraction of sp³-hybridized carbons (Fsp3) is 0. The van der Waals surface area contributed by atoms with Gasteiger partial charge in [0.2, 0.25) is 0 Å². The Hall–Kier alpha value is -2.58. The number of nitrogens with zero attached hydrogens (tertiary/aromatic N) is 2. The maximum Gasteiger partial charge on any atom is 0.147 e. The van der Waals surface area contributed by atoms with E-state index in [1.165, 1.54) is 0 Å². The minimum atomic E-state index is 0.704. The Balaban J connectivity index is 2.09. The quantitative estimate of drug-likeness (QED) is 0.488. The molecule has 0 atom stereocenters. The smallest absolute Gasteiger partial charge is 0.147 e. The number of halogens is 1. The van der Waals surface area contributed by atoms with Gasteiger partial charge in [0.05, 0.1) is 16.1 Å². The van der Waals surface area contributed by atoms with E-state index in [0.717, 1.165) is 28.1 Å². The van der Waals surface area contributed by atoms with E-state index in [0.29, 0.717) is 5.02 Å². The lowest BCUT2D eigenvalue weighted by Gasteiger charge is -2.10. The van der Waals surface area contributed by atoms with Crippen molar-refractivity contribution in [1.29, 1.82) is 0 Å². The van der Waals surface area contributed by atoms with E-state index < -0.39 is 0 Å². The van der Waals surface area contributed by atoms with Crippen molar-refractivity contribution < 1.29 is 0 Å². The normalized spacial score (nSPS) is 11.0. The topological polar surface area (TPSA) is 17.8 Å². The predicted octanol–water partition coefficient (Wildman–Crippen LogP) is 5.35. The molecule has 3 heteroatoms. The standard InChI is InChI=1S/C19H13ClN2/c20-16-11-5-4-10-15(16)19-21-17-12-6-7-13-18(17)22(19)14-8-2-1-3-9-14/h1-13H. The van der Waals surface area contributed by atoms with Crippen molar-refractivity contribution in [3.05, 3.63) is 83.9 Å². The zero-order valence-corrected chi connectivity index (χ0v) is 12.5. The van der Waals surface area contributed by atoms with Crippen LogP contribution < -0.4 is 0 Å².